The summed E-state index contributed by atoms with van der Waals surface area (Å²) in [4.78, 5) is 2.37. The average molecular weight is 186 g/mol. The Labute approximate surface area is 81.1 Å². The van der Waals surface area contributed by atoms with E-state index in [1.165, 1.54) is 25.9 Å². The number of likely N-dealkylation sites (N-methyl/N-ethyl adjacent to an activating group) is 1. The van der Waals surface area contributed by atoms with Gasteiger partial charge in [0.15, 0.2) is 0 Å². The van der Waals surface area contributed by atoms with Crippen LogP contribution >= 0.6 is 0 Å². The van der Waals surface area contributed by atoms with Crippen molar-refractivity contribution in [1.29, 1.82) is 0 Å². The first kappa shape index (κ1) is 11.0. The summed E-state index contributed by atoms with van der Waals surface area (Å²) in [5.41, 5.74) is 0. The maximum Gasteiger partial charge on any atom is 0.0431 e. The first-order chi connectivity index (χ1) is 6.33. The smallest absolute Gasteiger partial charge is 0.0431 e. The Hall–Kier alpha value is -0.120. The summed E-state index contributed by atoms with van der Waals surface area (Å²) in [6.45, 7) is 3.87. The Bertz CT molecular complexity index is 130. The van der Waals surface area contributed by atoms with Gasteiger partial charge in [-0.05, 0) is 45.8 Å². The minimum atomic E-state index is 0.339. The largest absolute Gasteiger partial charge is 0.396 e. The number of unbranched alkanes of at least 4 members (excludes halogenated alkanes) is 2. The number of nitrogens with one attached hydrogen (secondary N) is 1. The number of likely N-dealkylation sites (tertiary alicyclic amines) is 1. The standard InChI is InChI=1S/C10H22N2O/c1-12-7-5-10(9-12)11-6-3-2-4-8-13/h10-11,13H,2-9H2,1H3. The van der Waals surface area contributed by atoms with Crippen molar-refractivity contribution < 1.29 is 5.11 Å². The Morgan fingerprint density at radius 2 is 2.23 bits per heavy atom. The summed E-state index contributed by atoms with van der Waals surface area (Å²) in [6.07, 6.45) is 4.58. The molecular weight excluding hydrogens is 164 g/mol. The highest BCUT2D eigenvalue weighted by Crippen LogP contribution is 2.06. The van der Waals surface area contributed by atoms with Crippen molar-refractivity contribution in [3.8, 4) is 0 Å². The van der Waals surface area contributed by atoms with Crippen molar-refractivity contribution >= 4 is 0 Å². The van der Waals surface area contributed by atoms with E-state index in [0.29, 0.717) is 12.6 Å². The molecule has 0 radical (unpaired) electrons. The molecule has 1 atom stereocenters. The lowest BCUT2D eigenvalue weighted by Gasteiger charge is -2.12. The molecule has 0 spiro atoms. The van der Waals surface area contributed by atoms with Gasteiger partial charge in [-0.3, -0.25) is 0 Å². The molecule has 0 aromatic heterocycles. The van der Waals surface area contributed by atoms with Gasteiger partial charge in [-0.1, -0.05) is 0 Å². The molecule has 3 nitrogen and oxygen atoms in total. The minimum Gasteiger partial charge on any atom is -0.396 e. The van der Waals surface area contributed by atoms with Crippen molar-refractivity contribution in [2.45, 2.75) is 31.7 Å². The summed E-state index contributed by atoms with van der Waals surface area (Å²) in [5, 5.41) is 12.1. The number of aliphatic hydroxyl groups is 1. The van der Waals surface area contributed by atoms with Crippen LogP contribution in [0.2, 0.25) is 0 Å². The molecule has 0 amide bonds. The van der Waals surface area contributed by atoms with Crippen LogP contribution in [0, 0.1) is 0 Å². The van der Waals surface area contributed by atoms with Gasteiger partial charge in [0.2, 0.25) is 0 Å². The molecule has 78 valence electrons. The second kappa shape index (κ2) is 6.35. The van der Waals surface area contributed by atoms with Crippen LogP contribution < -0.4 is 5.32 Å². The summed E-state index contributed by atoms with van der Waals surface area (Å²) in [5.74, 6) is 0. The number of hydrogen-bond donors (Lipinski definition) is 2. The molecule has 0 saturated carbocycles. The molecule has 1 rings (SSSR count). The fourth-order valence-electron chi connectivity index (χ4n) is 1.82. The molecule has 1 heterocycles. The van der Waals surface area contributed by atoms with Gasteiger partial charge >= 0.3 is 0 Å². The van der Waals surface area contributed by atoms with Gasteiger partial charge in [-0.2, -0.15) is 0 Å². The molecular formula is C10H22N2O. The van der Waals surface area contributed by atoms with Crippen LogP contribution in [-0.4, -0.2) is 49.3 Å². The third kappa shape index (κ3) is 4.60. The second-order valence-corrected chi connectivity index (χ2v) is 3.99. The quantitative estimate of drug-likeness (QED) is 0.591. The van der Waals surface area contributed by atoms with Crippen molar-refractivity contribution in [2.75, 3.05) is 33.3 Å². The summed E-state index contributed by atoms with van der Waals surface area (Å²) < 4.78 is 0. The van der Waals surface area contributed by atoms with E-state index in [1.807, 2.05) is 0 Å². The van der Waals surface area contributed by atoms with E-state index in [9.17, 15) is 0 Å². The van der Waals surface area contributed by atoms with E-state index in [4.69, 9.17) is 5.11 Å². The lowest BCUT2D eigenvalue weighted by atomic mass is 10.2. The van der Waals surface area contributed by atoms with E-state index in [-0.39, 0.29) is 0 Å². The summed E-state index contributed by atoms with van der Waals surface area (Å²) >= 11 is 0. The Morgan fingerprint density at radius 1 is 1.38 bits per heavy atom. The second-order valence-electron chi connectivity index (χ2n) is 3.99. The van der Waals surface area contributed by atoms with Gasteiger partial charge in [0.25, 0.3) is 0 Å². The first-order valence-corrected chi connectivity index (χ1v) is 5.35. The van der Waals surface area contributed by atoms with Crippen molar-refractivity contribution in [3.63, 3.8) is 0 Å². The van der Waals surface area contributed by atoms with Gasteiger partial charge in [0.1, 0.15) is 0 Å². The maximum absolute atomic E-state index is 8.58. The lowest BCUT2D eigenvalue weighted by Crippen LogP contribution is -2.32. The molecule has 0 aromatic carbocycles. The van der Waals surface area contributed by atoms with E-state index >= 15 is 0 Å². The van der Waals surface area contributed by atoms with Gasteiger partial charge in [-0.15, -0.1) is 0 Å². The normalized spacial score (nSPS) is 24.0. The number of hydrogen-bond acceptors (Lipinski definition) is 3. The first-order valence-electron chi connectivity index (χ1n) is 5.35. The van der Waals surface area contributed by atoms with E-state index in [0.717, 1.165) is 19.4 Å². The zero-order chi connectivity index (χ0) is 9.52. The van der Waals surface area contributed by atoms with E-state index in [1.54, 1.807) is 0 Å². The molecule has 0 aromatic rings. The van der Waals surface area contributed by atoms with Crippen LogP contribution in [0.4, 0.5) is 0 Å². The maximum atomic E-state index is 8.58. The fourth-order valence-corrected chi connectivity index (χ4v) is 1.82. The van der Waals surface area contributed by atoms with Gasteiger partial charge in [-0.25, -0.2) is 0 Å². The third-order valence-electron chi connectivity index (χ3n) is 2.66. The highest BCUT2D eigenvalue weighted by atomic mass is 16.2. The van der Waals surface area contributed by atoms with Crippen molar-refractivity contribution in [2.24, 2.45) is 0 Å². The highest BCUT2D eigenvalue weighted by Gasteiger charge is 2.17. The Morgan fingerprint density at radius 3 is 2.85 bits per heavy atom. The summed E-state index contributed by atoms with van der Waals surface area (Å²) in [6, 6.07) is 0.708. The molecule has 1 aliphatic heterocycles. The van der Waals surface area contributed by atoms with Crippen LogP contribution in [-0.2, 0) is 0 Å². The Kier molecular flexibility index (Phi) is 5.35. The number of nitrogens with zero attached hydrogens (tertiary/aromatic N) is 1. The number of rotatable bonds is 6. The van der Waals surface area contributed by atoms with Crippen LogP contribution in [0.15, 0.2) is 0 Å². The van der Waals surface area contributed by atoms with Gasteiger partial charge in [0, 0.05) is 19.2 Å². The SMILES string of the molecule is CN1CCC(NCCCCCO)C1. The van der Waals surface area contributed by atoms with Crippen LogP contribution in [0.3, 0.4) is 0 Å². The van der Waals surface area contributed by atoms with Crippen molar-refractivity contribution in [3.05, 3.63) is 0 Å². The predicted molar refractivity (Wildman–Crippen MR) is 54.8 cm³/mol. The lowest BCUT2D eigenvalue weighted by molar-refractivity contribution is 0.282. The molecule has 0 bridgehead atoms. The topological polar surface area (TPSA) is 35.5 Å². The van der Waals surface area contributed by atoms with E-state index in [2.05, 4.69) is 17.3 Å². The van der Waals surface area contributed by atoms with Crippen LogP contribution in [0.1, 0.15) is 25.7 Å². The highest BCUT2D eigenvalue weighted by molar-refractivity contribution is 4.78. The zero-order valence-corrected chi connectivity index (χ0v) is 8.63. The molecule has 1 aliphatic rings. The fraction of sp³-hybridized carbons (Fsp3) is 1.00. The summed E-state index contributed by atoms with van der Waals surface area (Å²) in [7, 11) is 2.17. The Balaban J connectivity index is 1.88. The predicted octanol–water partition coefficient (Wildman–Crippen LogP) is 0.443. The monoisotopic (exact) mass is 186 g/mol. The molecule has 1 saturated heterocycles. The molecule has 1 fully saturated rings. The molecule has 2 N–H and O–H groups in total. The van der Waals surface area contributed by atoms with Gasteiger partial charge in [0.05, 0.1) is 0 Å². The average Bonchev–Trinajstić information content (AvgIpc) is 2.51. The third-order valence-corrected chi connectivity index (χ3v) is 2.66. The van der Waals surface area contributed by atoms with Crippen LogP contribution in [0.25, 0.3) is 0 Å². The van der Waals surface area contributed by atoms with Gasteiger partial charge < -0.3 is 15.3 Å². The zero-order valence-electron chi connectivity index (χ0n) is 8.63. The van der Waals surface area contributed by atoms with E-state index < -0.39 is 0 Å². The van der Waals surface area contributed by atoms with Crippen LogP contribution in [0.5, 0.6) is 0 Å². The molecule has 3 heteroatoms. The number of aliphatic hydroxyl groups excluding tert-OH is 1. The molecule has 0 aliphatic carbocycles. The molecule has 13 heavy (non-hydrogen) atoms. The molecule has 1 unspecified atom stereocenters. The van der Waals surface area contributed by atoms with Crippen molar-refractivity contribution in [1.82, 2.24) is 10.2 Å². The minimum absolute atomic E-state index is 0.339.